The highest BCUT2D eigenvalue weighted by molar-refractivity contribution is 6.30. The van der Waals surface area contributed by atoms with Gasteiger partial charge in [0.1, 0.15) is 0 Å². The van der Waals surface area contributed by atoms with Crippen LogP contribution in [0.4, 0.5) is 0 Å². The van der Waals surface area contributed by atoms with Gasteiger partial charge in [-0.25, -0.2) is 0 Å². The van der Waals surface area contributed by atoms with Gasteiger partial charge in [-0.1, -0.05) is 17.7 Å². The van der Waals surface area contributed by atoms with Crippen LogP contribution in [0.15, 0.2) is 24.3 Å². The van der Waals surface area contributed by atoms with Crippen LogP contribution >= 0.6 is 11.6 Å². The molecule has 1 amide bonds. The largest absolute Gasteiger partial charge is 0.352 e. The summed E-state index contributed by atoms with van der Waals surface area (Å²) in [5.74, 6) is 2.23. The van der Waals surface area contributed by atoms with Crippen molar-refractivity contribution >= 4 is 17.5 Å². The number of carbonyl (C=O) groups is 1. The second-order valence-electron chi connectivity index (χ2n) is 4.87. The number of benzene rings is 1. The molecule has 2 atom stereocenters. The van der Waals surface area contributed by atoms with E-state index in [0.29, 0.717) is 16.5 Å². The smallest absolute Gasteiger partial charge is 0.251 e. The molecule has 1 aromatic rings. The van der Waals surface area contributed by atoms with Crippen molar-refractivity contribution in [3.63, 3.8) is 0 Å². The van der Waals surface area contributed by atoms with Crippen molar-refractivity contribution in [1.29, 1.82) is 0 Å². The molecular weight excluding hydrogens is 236 g/mol. The van der Waals surface area contributed by atoms with E-state index in [1.807, 2.05) is 0 Å². The van der Waals surface area contributed by atoms with E-state index in [9.17, 15) is 4.79 Å². The summed E-state index contributed by atoms with van der Waals surface area (Å²) >= 11 is 5.85. The zero-order valence-corrected chi connectivity index (χ0v) is 10.2. The van der Waals surface area contributed by atoms with Crippen LogP contribution in [0.5, 0.6) is 0 Å². The fourth-order valence-corrected chi connectivity index (χ4v) is 2.98. The summed E-state index contributed by atoms with van der Waals surface area (Å²) in [6, 6.07) is 7.06. The summed E-state index contributed by atoms with van der Waals surface area (Å²) in [7, 11) is 0. The molecule has 4 heteroatoms. The van der Waals surface area contributed by atoms with E-state index in [0.717, 1.165) is 31.5 Å². The summed E-state index contributed by atoms with van der Waals surface area (Å²) in [6.07, 6.45) is 0. The molecule has 2 N–H and O–H groups in total. The second-order valence-corrected chi connectivity index (χ2v) is 5.31. The van der Waals surface area contributed by atoms with Gasteiger partial charge in [-0.15, -0.1) is 0 Å². The maximum absolute atomic E-state index is 11.9. The monoisotopic (exact) mass is 250 g/mol. The number of rotatable bonds is 3. The molecule has 0 radical (unpaired) electrons. The molecule has 17 heavy (non-hydrogen) atoms. The average molecular weight is 251 g/mol. The third kappa shape index (κ3) is 2.17. The SMILES string of the molecule is O=C(NCC1C2CNCC21)c1cccc(Cl)c1. The van der Waals surface area contributed by atoms with E-state index in [1.165, 1.54) is 0 Å². The number of halogens is 1. The molecule has 1 saturated heterocycles. The molecule has 0 aromatic heterocycles. The Labute approximate surface area is 106 Å². The lowest BCUT2D eigenvalue weighted by molar-refractivity contribution is 0.0950. The molecule has 90 valence electrons. The van der Waals surface area contributed by atoms with Crippen LogP contribution in [0, 0.1) is 17.8 Å². The van der Waals surface area contributed by atoms with Crippen molar-refractivity contribution in [3.8, 4) is 0 Å². The Morgan fingerprint density at radius 1 is 1.41 bits per heavy atom. The third-order valence-corrected chi connectivity index (χ3v) is 4.09. The Balaban J connectivity index is 1.54. The van der Waals surface area contributed by atoms with E-state index < -0.39 is 0 Å². The van der Waals surface area contributed by atoms with Crippen molar-refractivity contribution < 1.29 is 4.79 Å². The van der Waals surface area contributed by atoms with E-state index in [-0.39, 0.29) is 5.91 Å². The minimum atomic E-state index is -0.0227. The van der Waals surface area contributed by atoms with Crippen molar-refractivity contribution in [3.05, 3.63) is 34.9 Å². The van der Waals surface area contributed by atoms with Crippen molar-refractivity contribution in [2.45, 2.75) is 0 Å². The van der Waals surface area contributed by atoms with E-state index >= 15 is 0 Å². The van der Waals surface area contributed by atoms with Gasteiger partial charge in [0, 0.05) is 17.1 Å². The average Bonchev–Trinajstić information content (AvgIpc) is 2.77. The van der Waals surface area contributed by atoms with E-state index in [4.69, 9.17) is 11.6 Å². The summed E-state index contributed by atoms with van der Waals surface area (Å²) in [5.41, 5.74) is 0.640. The highest BCUT2D eigenvalue weighted by Gasteiger charge is 2.52. The van der Waals surface area contributed by atoms with Crippen LogP contribution < -0.4 is 10.6 Å². The van der Waals surface area contributed by atoms with Gasteiger partial charge in [0.05, 0.1) is 0 Å². The summed E-state index contributed by atoms with van der Waals surface area (Å²) < 4.78 is 0. The van der Waals surface area contributed by atoms with Crippen LogP contribution in [0.1, 0.15) is 10.4 Å². The molecule has 1 aliphatic heterocycles. The molecular formula is C13H15ClN2O. The Morgan fingerprint density at radius 2 is 2.18 bits per heavy atom. The highest BCUT2D eigenvalue weighted by atomic mass is 35.5. The van der Waals surface area contributed by atoms with E-state index in [1.54, 1.807) is 24.3 Å². The Hall–Kier alpha value is -1.06. The van der Waals surface area contributed by atoms with Crippen molar-refractivity contribution in [1.82, 2.24) is 10.6 Å². The van der Waals surface area contributed by atoms with Gasteiger partial charge in [0.15, 0.2) is 0 Å². The predicted octanol–water partition coefficient (Wildman–Crippen LogP) is 1.54. The number of hydrogen-bond donors (Lipinski definition) is 2. The molecule has 2 aliphatic rings. The maximum Gasteiger partial charge on any atom is 0.251 e. The zero-order chi connectivity index (χ0) is 11.8. The number of carbonyl (C=O) groups excluding carboxylic acids is 1. The highest BCUT2D eigenvalue weighted by Crippen LogP contribution is 2.47. The van der Waals surface area contributed by atoms with Gasteiger partial charge >= 0.3 is 0 Å². The van der Waals surface area contributed by atoms with Crippen LogP contribution in [0.25, 0.3) is 0 Å². The number of fused-ring (bicyclic) bond motifs is 1. The van der Waals surface area contributed by atoms with Crippen LogP contribution in [0.2, 0.25) is 5.02 Å². The Morgan fingerprint density at radius 3 is 2.88 bits per heavy atom. The van der Waals surface area contributed by atoms with Crippen molar-refractivity contribution in [2.75, 3.05) is 19.6 Å². The fourth-order valence-electron chi connectivity index (χ4n) is 2.79. The molecule has 1 heterocycles. The lowest BCUT2D eigenvalue weighted by atomic mass is 10.2. The second kappa shape index (κ2) is 4.31. The van der Waals surface area contributed by atoms with Gasteiger partial charge in [-0.3, -0.25) is 4.79 Å². The zero-order valence-electron chi connectivity index (χ0n) is 9.45. The first-order chi connectivity index (χ1) is 8.25. The van der Waals surface area contributed by atoms with Crippen LogP contribution in [0.3, 0.4) is 0 Å². The van der Waals surface area contributed by atoms with Gasteiger partial charge in [0.25, 0.3) is 5.91 Å². The predicted molar refractivity (Wildman–Crippen MR) is 67.1 cm³/mol. The van der Waals surface area contributed by atoms with Gasteiger partial charge in [-0.05, 0) is 49.0 Å². The quantitative estimate of drug-likeness (QED) is 0.855. The lowest BCUT2D eigenvalue weighted by Crippen LogP contribution is -2.28. The number of piperidine rings is 1. The summed E-state index contributed by atoms with van der Waals surface area (Å²) in [5, 5.41) is 6.94. The number of amides is 1. The number of hydrogen-bond acceptors (Lipinski definition) is 2. The Kier molecular flexibility index (Phi) is 2.81. The fraction of sp³-hybridized carbons (Fsp3) is 0.462. The molecule has 3 rings (SSSR count). The van der Waals surface area contributed by atoms with E-state index in [2.05, 4.69) is 10.6 Å². The summed E-state index contributed by atoms with van der Waals surface area (Å²) in [6.45, 7) is 3.02. The molecule has 2 unspecified atom stereocenters. The number of nitrogens with one attached hydrogen (secondary N) is 2. The first-order valence-corrected chi connectivity index (χ1v) is 6.38. The summed E-state index contributed by atoms with van der Waals surface area (Å²) in [4.78, 5) is 11.9. The topological polar surface area (TPSA) is 41.1 Å². The van der Waals surface area contributed by atoms with Crippen LogP contribution in [-0.4, -0.2) is 25.5 Å². The Bertz CT molecular complexity index is 439. The first kappa shape index (κ1) is 11.1. The molecule has 0 spiro atoms. The first-order valence-electron chi connectivity index (χ1n) is 6.00. The van der Waals surface area contributed by atoms with Crippen LogP contribution in [-0.2, 0) is 0 Å². The molecule has 1 aliphatic carbocycles. The maximum atomic E-state index is 11.9. The molecule has 1 saturated carbocycles. The van der Waals surface area contributed by atoms with Gasteiger partial charge in [-0.2, -0.15) is 0 Å². The molecule has 0 bridgehead atoms. The lowest BCUT2D eigenvalue weighted by Gasteiger charge is -2.07. The molecule has 1 aromatic carbocycles. The normalized spacial score (nSPS) is 29.8. The minimum absolute atomic E-state index is 0.0227. The third-order valence-electron chi connectivity index (χ3n) is 3.85. The van der Waals surface area contributed by atoms with Crippen molar-refractivity contribution in [2.24, 2.45) is 17.8 Å². The van der Waals surface area contributed by atoms with Gasteiger partial charge in [0.2, 0.25) is 0 Å². The molecule has 3 nitrogen and oxygen atoms in total. The standard InChI is InChI=1S/C13H15ClN2O/c14-9-3-1-2-8(4-9)13(17)16-7-12-10-5-15-6-11(10)12/h1-4,10-12,15H,5-7H2,(H,16,17). The minimum Gasteiger partial charge on any atom is -0.352 e. The van der Waals surface area contributed by atoms with Gasteiger partial charge < -0.3 is 10.6 Å². The molecule has 2 fully saturated rings.